The molecule has 1 saturated heterocycles. The van der Waals surface area contributed by atoms with Crippen LogP contribution in [0.25, 0.3) is 11.5 Å². The number of hydrogen-bond donors (Lipinski definition) is 0. The van der Waals surface area contributed by atoms with E-state index in [9.17, 15) is 0 Å². The molecule has 136 valence electrons. The molecule has 1 aliphatic heterocycles. The van der Waals surface area contributed by atoms with Gasteiger partial charge in [-0.25, -0.2) is 19.6 Å². The summed E-state index contributed by atoms with van der Waals surface area (Å²) in [6.07, 6.45) is 10.8. The lowest BCUT2D eigenvalue weighted by atomic mass is 10.3. The van der Waals surface area contributed by atoms with E-state index in [0.29, 0.717) is 5.82 Å². The van der Waals surface area contributed by atoms with E-state index in [2.05, 4.69) is 40.4 Å². The lowest BCUT2D eigenvalue weighted by Crippen LogP contribution is -2.46. The van der Waals surface area contributed by atoms with Crippen molar-refractivity contribution in [3.63, 3.8) is 0 Å². The molecule has 0 aromatic carbocycles. The predicted molar refractivity (Wildman–Crippen MR) is 99.6 cm³/mol. The van der Waals surface area contributed by atoms with Crippen LogP contribution in [0, 0.1) is 0 Å². The van der Waals surface area contributed by atoms with E-state index in [1.54, 1.807) is 23.4 Å². The molecule has 0 N–H and O–H groups in total. The second-order valence-electron chi connectivity index (χ2n) is 6.54. The van der Waals surface area contributed by atoms with Crippen LogP contribution in [0.2, 0.25) is 0 Å². The number of hydrogen-bond acceptors (Lipinski definition) is 7. The molecule has 9 heteroatoms. The van der Waals surface area contributed by atoms with Crippen molar-refractivity contribution in [2.45, 2.75) is 6.54 Å². The average molecular weight is 361 g/mol. The van der Waals surface area contributed by atoms with Crippen molar-refractivity contribution in [3.05, 3.63) is 61.3 Å². The molecule has 0 aliphatic carbocycles. The summed E-state index contributed by atoms with van der Waals surface area (Å²) in [4.78, 5) is 22.3. The van der Waals surface area contributed by atoms with Crippen molar-refractivity contribution in [1.29, 1.82) is 0 Å². The molecule has 5 rings (SSSR count). The summed E-state index contributed by atoms with van der Waals surface area (Å²) < 4.78 is 3.69. The van der Waals surface area contributed by atoms with Crippen molar-refractivity contribution >= 4 is 11.5 Å². The molecule has 5 heterocycles. The van der Waals surface area contributed by atoms with Gasteiger partial charge in [0.1, 0.15) is 24.1 Å². The van der Waals surface area contributed by atoms with Crippen LogP contribution < -0.4 is 4.90 Å². The number of piperazine rings is 1. The highest BCUT2D eigenvalue weighted by molar-refractivity contribution is 5.40. The molecule has 0 atom stereocenters. The maximum atomic E-state index is 4.69. The molecule has 4 aromatic rings. The highest BCUT2D eigenvalue weighted by atomic mass is 15.4. The van der Waals surface area contributed by atoms with Crippen LogP contribution in [-0.2, 0) is 6.54 Å². The van der Waals surface area contributed by atoms with Crippen LogP contribution in [0.15, 0.2) is 55.6 Å². The Kier molecular flexibility index (Phi) is 3.98. The zero-order valence-electron chi connectivity index (χ0n) is 14.8. The van der Waals surface area contributed by atoms with Crippen LogP contribution in [0.4, 0.5) is 5.82 Å². The van der Waals surface area contributed by atoms with Crippen molar-refractivity contribution < 1.29 is 0 Å². The molecule has 0 saturated carbocycles. The van der Waals surface area contributed by atoms with Gasteiger partial charge in [0, 0.05) is 45.1 Å². The number of anilines is 1. The van der Waals surface area contributed by atoms with Gasteiger partial charge in [-0.1, -0.05) is 6.07 Å². The van der Waals surface area contributed by atoms with Crippen molar-refractivity contribution in [1.82, 2.24) is 39.0 Å². The van der Waals surface area contributed by atoms with E-state index in [1.165, 1.54) is 6.33 Å². The molecule has 1 aliphatic rings. The monoisotopic (exact) mass is 361 g/mol. The standard InChI is InChI=1S/C18H19N9/c1-2-4-26-12-15(22-16(26)3-1)11-24-5-7-25(8-6-24)17-9-19-10-18(23-17)27-14-20-13-21-27/h1-4,9-10,12-14H,5-8,11H2. The van der Waals surface area contributed by atoms with Gasteiger partial charge in [-0.3, -0.25) is 9.88 Å². The first-order chi connectivity index (χ1) is 13.3. The average Bonchev–Trinajstić information content (AvgIpc) is 3.38. The van der Waals surface area contributed by atoms with Gasteiger partial charge in [0.2, 0.25) is 0 Å². The third-order valence-corrected chi connectivity index (χ3v) is 4.76. The zero-order valence-corrected chi connectivity index (χ0v) is 14.8. The molecule has 0 unspecified atom stereocenters. The fraction of sp³-hybridized carbons (Fsp3) is 0.278. The Morgan fingerprint density at radius 2 is 1.81 bits per heavy atom. The van der Waals surface area contributed by atoms with Gasteiger partial charge in [-0.2, -0.15) is 5.10 Å². The first kappa shape index (κ1) is 15.9. The minimum atomic E-state index is 0.678. The van der Waals surface area contributed by atoms with Gasteiger partial charge >= 0.3 is 0 Å². The lowest BCUT2D eigenvalue weighted by molar-refractivity contribution is 0.247. The maximum absolute atomic E-state index is 4.69. The van der Waals surface area contributed by atoms with Gasteiger partial charge in [-0.15, -0.1) is 0 Å². The summed E-state index contributed by atoms with van der Waals surface area (Å²) in [5, 5.41) is 4.12. The number of fused-ring (bicyclic) bond motifs is 1. The maximum Gasteiger partial charge on any atom is 0.175 e. The van der Waals surface area contributed by atoms with Crippen LogP contribution in [-0.4, -0.2) is 65.2 Å². The number of imidazole rings is 1. The summed E-state index contributed by atoms with van der Waals surface area (Å²) >= 11 is 0. The quantitative estimate of drug-likeness (QED) is 0.537. The summed E-state index contributed by atoms with van der Waals surface area (Å²) in [7, 11) is 0. The third-order valence-electron chi connectivity index (χ3n) is 4.76. The van der Waals surface area contributed by atoms with Gasteiger partial charge in [0.05, 0.1) is 18.1 Å². The molecule has 0 bridgehead atoms. The van der Waals surface area contributed by atoms with E-state index >= 15 is 0 Å². The smallest absolute Gasteiger partial charge is 0.175 e. The number of rotatable bonds is 4. The van der Waals surface area contributed by atoms with E-state index < -0.39 is 0 Å². The first-order valence-corrected chi connectivity index (χ1v) is 8.92. The van der Waals surface area contributed by atoms with Crippen LogP contribution in [0.3, 0.4) is 0 Å². The largest absolute Gasteiger partial charge is 0.353 e. The van der Waals surface area contributed by atoms with Gasteiger partial charge in [0.15, 0.2) is 5.82 Å². The Hall–Kier alpha value is -3.33. The summed E-state index contributed by atoms with van der Waals surface area (Å²) in [5.74, 6) is 1.55. The molecule has 4 aromatic heterocycles. The number of pyridine rings is 1. The molecule has 0 amide bonds. The van der Waals surface area contributed by atoms with E-state index in [0.717, 1.165) is 49.9 Å². The second-order valence-corrected chi connectivity index (χ2v) is 6.54. The van der Waals surface area contributed by atoms with Gasteiger partial charge in [-0.05, 0) is 12.1 Å². The summed E-state index contributed by atoms with van der Waals surface area (Å²) in [6, 6.07) is 6.06. The lowest BCUT2D eigenvalue weighted by Gasteiger charge is -2.34. The fourth-order valence-electron chi connectivity index (χ4n) is 3.36. The summed E-state index contributed by atoms with van der Waals surface area (Å²) in [5.41, 5.74) is 2.09. The van der Waals surface area contributed by atoms with Crippen LogP contribution in [0.1, 0.15) is 5.69 Å². The minimum absolute atomic E-state index is 0.678. The van der Waals surface area contributed by atoms with E-state index in [4.69, 9.17) is 4.98 Å². The highest BCUT2D eigenvalue weighted by Gasteiger charge is 2.19. The van der Waals surface area contributed by atoms with Crippen molar-refractivity contribution in [2.75, 3.05) is 31.1 Å². The van der Waals surface area contributed by atoms with Crippen molar-refractivity contribution in [3.8, 4) is 5.82 Å². The van der Waals surface area contributed by atoms with Gasteiger partial charge in [0.25, 0.3) is 0 Å². The Morgan fingerprint density at radius 1 is 0.926 bits per heavy atom. The van der Waals surface area contributed by atoms with Crippen LogP contribution in [0.5, 0.6) is 0 Å². The SMILES string of the molecule is c1ccn2cc(CN3CCN(c4cncc(-n5cncn5)n4)CC3)nc2c1. The fourth-order valence-corrected chi connectivity index (χ4v) is 3.36. The van der Waals surface area contributed by atoms with Crippen LogP contribution >= 0.6 is 0 Å². The molecular formula is C18H19N9. The Labute approximate surface area is 155 Å². The van der Waals surface area contributed by atoms with Crippen molar-refractivity contribution in [2.24, 2.45) is 0 Å². The van der Waals surface area contributed by atoms with Gasteiger partial charge < -0.3 is 9.30 Å². The highest BCUT2D eigenvalue weighted by Crippen LogP contribution is 2.16. The summed E-state index contributed by atoms with van der Waals surface area (Å²) in [6.45, 7) is 4.60. The Bertz CT molecular complexity index is 999. The Balaban J connectivity index is 1.24. The molecular weight excluding hydrogens is 342 g/mol. The first-order valence-electron chi connectivity index (χ1n) is 8.92. The third kappa shape index (κ3) is 3.24. The molecule has 27 heavy (non-hydrogen) atoms. The molecule has 0 spiro atoms. The molecule has 1 fully saturated rings. The normalized spacial score (nSPS) is 15.5. The predicted octanol–water partition coefficient (Wildman–Crippen LogP) is 1.03. The molecule has 9 nitrogen and oxygen atoms in total. The minimum Gasteiger partial charge on any atom is -0.353 e. The Morgan fingerprint density at radius 3 is 2.63 bits per heavy atom. The topological polar surface area (TPSA) is 80.3 Å². The second kappa shape index (κ2) is 6.76. The number of nitrogens with zero attached hydrogens (tertiary/aromatic N) is 9. The number of aromatic nitrogens is 7. The van der Waals surface area contributed by atoms with E-state index in [-0.39, 0.29) is 0 Å². The zero-order chi connectivity index (χ0) is 18.1. The molecule has 0 radical (unpaired) electrons. The van der Waals surface area contributed by atoms with E-state index in [1.807, 2.05) is 24.4 Å².